The van der Waals surface area contributed by atoms with Crippen molar-refractivity contribution >= 4 is 23.2 Å². The maximum atomic E-state index is 12.8. The van der Waals surface area contributed by atoms with Crippen molar-refractivity contribution in [2.24, 2.45) is 5.41 Å². The number of likely N-dealkylation sites (tertiary alicyclic amines) is 1. The maximum absolute atomic E-state index is 12.8. The van der Waals surface area contributed by atoms with Gasteiger partial charge in [-0.3, -0.25) is 9.69 Å². The third kappa shape index (κ3) is 6.33. The first-order chi connectivity index (χ1) is 15.1. The molecule has 32 heavy (non-hydrogen) atoms. The molecule has 2 fully saturated rings. The maximum Gasteiger partial charge on any atom is 0.490 e. The van der Waals surface area contributed by atoms with Crippen LogP contribution in [-0.2, 0) is 16.1 Å². The van der Waals surface area contributed by atoms with Gasteiger partial charge >= 0.3 is 12.1 Å². The Morgan fingerprint density at radius 3 is 2.56 bits per heavy atom. The van der Waals surface area contributed by atoms with Crippen LogP contribution < -0.4 is 0 Å². The van der Waals surface area contributed by atoms with E-state index in [1.807, 2.05) is 17.9 Å². The Kier molecular flexibility index (Phi) is 7.63. The summed E-state index contributed by atoms with van der Waals surface area (Å²) >= 11 is 1.80. The van der Waals surface area contributed by atoms with Crippen LogP contribution in [0.5, 0.6) is 0 Å². The zero-order valence-corrected chi connectivity index (χ0v) is 18.4. The number of aryl methyl sites for hydroxylation is 1. The van der Waals surface area contributed by atoms with E-state index in [4.69, 9.17) is 19.1 Å². The zero-order chi connectivity index (χ0) is 23.4. The SMILES string of the molecule is Cc1ccc(C(=O)N2CCOCC3(CCN(Cc4cccs4)C3)C2)o1.O=C(O)C(F)(F)F. The fourth-order valence-electron chi connectivity index (χ4n) is 3.90. The molecule has 7 nitrogen and oxygen atoms in total. The van der Waals surface area contributed by atoms with Gasteiger partial charge in [-0.1, -0.05) is 6.07 Å². The Balaban J connectivity index is 0.000000360. The van der Waals surface area contributed by atoms with Gasteiger partial charge in [0.05, 0.1) is 13.2 Å². The number of carboxylic acids is 1. The molecular weight excluding hydrogens is 449 g/mol. The smallest absolute Gasteiger partial charge is 0.475 e. The molecule has 1 unspecified atom stereocenters. The lowest BCUT2D eigenvalue weighted by Gasteiger charge is -2.31. The van der Waals surface area contributed by atoms with Gasteiger partial charge in [0, 0.05) is 36.5 Å². The normalized spacial score (nSPS) is 21.8. The highest BCUT2D eigenvalue weighted by Gasteiger charge is 2.42. The van der Waals surface area contributed by atoms with Crippen molar-refractivity contribution in [3.8, 4) is 0 Å². The van der Waals surface area contributed by atoms with Crippen LogP contribution in [0.25, 0.3) is 0 Å². The molecule has 0 radical (unpaired) electrons. The summed E-state index contributed by atoms with van der Waals surface area (Å²) in [6.07, 6.45) is -4.01. The average Bonchev–Trinajstić information content (AvgIpc) is 3.43. The molecule has 11 heteroatoms. The summed E-state index contributed by atoms with van der Waals surface area (Å²) in [5.74, 6) is -1.57. The molecule has 4 rings (SSSR count). The Bertz CT molecular complexity index is 915. The third-order valence-electron chi connectivity index (χ3n) is 5.40. The van der Waals surface area contributed by atoms with Gasteiger partial charge in [0.2, 0.25) is 0 Å². The van der Waals surface area contributed by atoms with Gasteiger partial charge in [0.15, 0.2) is 5.76 Å². The molecule has 2 aliphatic heterocycles. The van der Waals surface area contributed by atoms with Crippen molar-refractivity contribution in [1.29, 1.82) is 0 Å². The van der Waals surface area contributed by atoms with Crippen LogP contribution in [0.2, 0.25) is 0 Å². The number of carboxylic acid groups (broad SMARTS) is 1. The van der Waals surface area contributed by atoms with E-state index >= 15 is 0 Å². The topological polar surface area (TPSA) is 83.2 Å². The standard InChI is InChI=1S/C19H24N2O3S.C2HF3O2/c1-15-4-5-17(24-15)18(22)21-8-9-23-14-19(13-21)6-7-20(12-19)11-16-3-2-10-25-16;3-2(4,5)1(6)7/h2-5,10H,6-9,11-14H2,1H3;(H,6,7). The second-order valence-electron chi connectivity index (χ2n) is 8.03. The molecule has 1 spiro atoms. The van der Waals surface area contributed by atoms with E-state index in [1.54, 1.807) is 17.4 Å². The van der Waals surface area contributed by atoms with Crippen molar-refractivity contribution in [3.63, 3.8) is 0 Å². The number of hydrogen-bond donors (Lipinski definition) is 1. The first-order valence-corrected chi connectivity index (χ1v) is 10.9. The van der Waals surface area contributed by atoms with E-state index in [0.717, 1.165) is 45.0 Å². The van der Waals surface area contributed by atoms with E-state index in [-0.39, 0.29) is 11.3 Å². The molecule has 0 bridgehead atoms. The lowest BCUT2D eigenvalue weighted by molar-refractivity contribution is -0.192. The third-order valence-corrected chi connectivity index (χ3v) is 6.26. The van der Waals surface area contributed by atoms with Crippen LogP contribution in [0.15, 0.2) is 34.1 Å². The highest BCUT2D eigenvalue weighted by atomic mass is 32.1. The molecule has 2 saturated heterocycles. The highest BCUT2D eigenvalue weighted by molar-refractivity contribution is 7.09. The number of carbonyl (C=O) groups is 2. The highest BCUT2D eigenvalue weighted by Crippen LogP contribution is 2.35. The fourth-order valence-corrected chi connectivity index (χ4v) is 4.65. The minimum Gasteiger partial charge on any atom is -0.475 e. The lowest BCUT2D eigenvalue weighted by atomic mass is 9.87. The number of hydrogen-bond acceptors (Lipinski definition) is 6. The Hall–Kier alpha value is -2.37. The van der Waals surface area contributed by atoms with E-state index < -0.39 is 12.1 Å². The fraction of sp³-hybridized carbons (Fsp3) is 0.524. The van der Waals surface area contributed by atoms with E-state index in [0.29, 0.717) is 18.9 Å². The van der Waals surface area contributed by atoms with Gasteiger partial charge in [-0.05, 0) is 43.5 Å². The molecule has 1 atom stereocenters. The van der Waals surface area contributed by atoms with Crippen molar-refractivity contribution < 1.29 is 37.0 Å². The van der Waals surface area contributed by atoms with Gasteiger partial charge < -0.3 is 19.2 Å². The molecular formula is C21H25F3N2O5S. The Morgan fingerprint density at radius 2 is 1.97 bits per heavy atom. The van der Waals surface area contributed by atoms with Crippen molar-refractivity contribution in [3.05, 3.63) is 46.0 Å². The molecule has 2 aliphatic rings. The number of nitrogens with zero attached hydrogens (tertiary/aromatic N) is 2. The second kappa shape index (κ2) is 10.1. The minimum atomic E-state index is -5.08. The van der Waals surface area contributed by atoms with Crippen LogP contribution in [0.4, 0.5) is 13.2 Å². The number of halogens is 3. The summed E-state index contributed by atoms with van der Waals surface area (Å²) in [7, 11) is 0. The zero-order valence-electron chi connectivity index (χ0n) is 17.6. The van der Waals surface area contributed by atoms with Gasteiger partial charge in [-0.2, -0.15) is 13.2 Å². The predicted molar refractivity (Wildman–Crippen MR) is 111 cm³/mol. The number of aliphatic carboxylic acids is 1. The number of furan rings is 1. The van der Waals surface area contributed by atoms with Crippen molar-refractivity contribution in [2.75, 3.05) is 39.4 Å². The van der Waals surface area contributed by atoms with E-state index in [9.17, 15) is 18.0 Å². The minimum absolute atomic E-state index is 0.0188. The number of thiophene rings is 1. The van der Waals surface area contributed by atoms with E-state index in [1.165, 1.54) is 4.88 Å². The Morgan fingerprint density at radius 1 is 1.22 bits per heavy atom. The van der Waals surface area contributed by atoms with Crippen LogP contribution in [-0.4, -0.2) is 72.4 Å². The molecule has 0 aliphatic carbocycles. The van der Waals surface area contributed by atoms with Gasteiger partial charge in [-0.25, -0.2) is 4.79 Å². The first kappa shape index (κ1) is 24.3. The van der Waals surface area contributed by atoms with Gasteiger partial charge in [-0.15, -0.1) is 11.3 Å². The molecule has 176 valence electrons. The lowest BCUT2D eigenvalue weighted by Crippen LogP contribution is -2.43. The number of alkyl halides is 3. The van der Waals surface area contributed by atoms with Gasteiger partial charge in [0.25, 0.3) is 5.91 Å². The van der Waals surface area contributed by atoms with Crippen LogP contribution in [0, 0.1) is 12.3 Å². The molecule has 4 heterocycles. The second-order valence-corrected chi connectivity index (χ2v) is 9.06. The summed E-state index contributed by atoms with van der Waals surface area (Å²) < 4.78 is 43.2. The molecule has 2 aromatic rings. The molecule has 2 aromatic heterocycles. The summed E-state index contributed by atoms with van der Waals surface area (Å²) in [5.41, 5.74) is 0.0328. The van der Waals surface area contributed by atoms with Gasteiger partial charge in [0.1, 0.15) is 5.76 Å². The van der Waals surface area contributed by atoms with E-state index in [2.05, 4.69) is 22.4 Å². The summed E-state index contributed by atoms with van der Waals surface area (Å²) in [6, 6.07) is 7.91. The summed E-state index contributed by atoms with van der Waals surface area (Å²) in [6.45, 7) is 7.59. The largest absolute Gasteiger partial charge is 0.490 e. The van der Waals surface area contributed by atoms with Crippen LogP contribution in [0.1, 0.15) is 27.6 Å². The summed E-state index contributed by atoms with van der Waals surface area (Å²) in [4.78, 5) is 27.5. The predicted octanol–water partition coefficient (Wildman–Crippen LogP) is 3.65. The monoisotopic (exact) mass is 474 g/mol. The molecule has 1 amide bonds. The molecule has 0 aromatic carbocycles. The average molecular weight is 475 g/mol. The van der Waals surface area contributed by atoms with Crippen LogP contribution >= 0.6 is 11.3 Å². The van der Waals surface area contributed by atoms with Crippen molar-refractivity contribution in [2.45, 2.75) is 26.1 Å². The summed E-state index contributed by atoms with van der Waals surface area (Å²) in [5, 5.41) is 9.25. The van der Waals surface area contributed by atoms with Crippen LogP contribution in [0.3, 0.4) is 0 Å². The quantitative estimate of drug-likeness (QED) is 0.731. The molecule has 0 saturated carbocycles. The molecule has 1 N–H and O–H groups in total. The number of carbonyl (C=O) groups excluding carboxylic acids is 1. The number of rotatable bonds is 3. The van der Waals surface area contributed by atoms with Crippen molar-refractivity contribution in [1.82, 2.24) is 9.80 Å². The Labute approximate surface area is 187 Å². The number of amides is 1. The number of ether oxygens (including phenoxy) is 1. The first-order valence-electron chi connectivity index (χ1n) is 10.1.